The van der Waals surface area contributed by atoms with Gasteiger partial charge in [-0.15, -0.1) is 0 Å². The smallest absolute Gasteiger partial charge is 0.261 e. The number of aromatic amines is 1. The van der Waals surface area contributed by atoms with Gasteiger partial charge in [0.2, 0.25) is 0 Å². The van der Waals surface area contributed by atoms with Gasteiger partial charge in [0.25, 0.3) is 5.82 Å². The third-order valence-electron chi connectivity index (χ3n) is 2.54. The average molecular weight is 321 g/mol. The van der Waals surface area contributed by atoms with Crippen molar-refractivity contribution in [3.05, 3.63) is 21.2 Å². The number of nitrogens with zero attached hydrogens (tertiary/aromatic N) is 1. The van der Waals surface area contributed by atoms with Crippen LogP contribution in [0, 0.1) is 0 Å². The second-order valence-corrected chi connectivity index (χ2v) is 5.18. The first-order chi connectivity index (χ1) is 6.79. The summed E-state index contributed by atoms with van der Waals surface area (Å²) in [4.78, 5) is 5.70. The van der Waals surface area contributed by atoms with Gasteiger partial charge in [-0.1, -0.05) is 0 Å². The highest BCUT2D eigenvalue weighted by Gasteiger charge is 2.22. The molecule has 1 aliphatic rings. The summed E-state index contributed by atoms with van der Waals surface area (Å²) >= 11 is 7.12. The lowest BCUT2D eigenvalue weighted by Crippen LogP contribution is -2.34. The van der Waals surface area contributed by atoms with Gasteiger partial charge >= 0.3 is 0 Å². The molecule has 0 bridgehead atoms. The van der Waals surface area contributed by atoms with Gasteiger partial charge in [-0.05, 0) is 57.2 Å². The summed E-state index contributed by atoms with van der Waals surface area (Å²) in [5, 5.41) is 0. The standard InChI is InChI=1S/C10H12Br2N2/c11-8-4-5-13-10(9(8)12)14-6-2-1-3-7-14/h4-5H,1-3,6-7H2/p+1. The largest absolute Gasteiger partial charge is 0.290 e. The molecule has 1 N–H and O–H groups in total. The van der Waals surface area contributed by atoms with E-state index in [2.05, 4.69) is 41.7 Å². The predicted octanol–water partition coefficient (Wildman–Crippen LogP) is 3.02. The Bertz CT molecular complexity index is 322. The molecule has 2 nitrogen and oxygen atoms in total. The molecule has 1 aromatic rings. The molecule has 0 spiro atoms. The number of anilines is 1. The van der Waals surface area contributed by atoms with Gasteiger partial charge in [-0.25, -0.2) is 4.98 Å². The fraction of sp³-hybridized carbons (Fsp3) is 0.500. The molecule has 4 heteroatoms. The van der Waals surface area contributed by atoms with E-state index in [0.717, 1.165) is 22.0 Å². The van der Waals surface area contributed by atoms with Crippen molar-refractivity contribution in [2.45, 2.75) is 19.3 Å². The molecule has 14 heavy (non-hydrogen) atoms. The summed E-state index contributed by atoms with van der Waals surface area (Å²) in [6.07, 6.45) is 5.93. The molecule has 2 rings (SSSR count). The molecule has 0 aliphatic carbocycles. The van der Waals surface area contributed by atoms with Gasteiger partial charge in [0.15, 0.2) is 0 Å². The maximum absolute atomic E-state index is 3.60. The van der Waals surface area contributed by atoms with Crippen molar-refractivity contribution in [2.75, 3.05) is 18.0 Å². The summed E-state index contributed by atoms with van der Waals surface area (Å²) in [5.41, 5.74) is 0. The van der Waals surface area contributed by atoms with E-state index in [1.807, 2.05) is 12.3 Å². The van der Waals surface area contributed by atoms with E-state index < -0.39 is 0 Å². The van der Waals surface area contributed by atoms with Crippen LogP contribution in [0.2, 0.25) is 0 Å². The maximum atomic E-state index is 3.60. The second-order valence-electron chi connectivity index (χ2n) is 3.54. The topological polar surface area (TPSA) is 17.4 Å². The van der Waals surface area contributed by atoms with Crippen LogP contribution < -0.4 is 9.88 Å². The van der Waals surface area contributed by atoms with E-state index >= 15 is 0 Å². The molecular formula is C10H13Br2N2+. The lowest BCUT2D eigenvalue weighted by atomic mass is 10.1. The van der Waals surface area contributed by atoms with Crippen LogP contribution in [0.1, 0.15) is 19.3 Å². The van der Waals surface area contributed by atoms with Crippen LogP contribution >= 0.6 is 31.9 Å². The first-order valence-electron chi connectivity index (χ1n) is 4.89. The Morgan fingerprint density at radius 3 is 2.57 bits per heavy atom. The van der Waals surface area contributed by atoms with Gasteiger partial charge in [0.05, 0.1) is 19.3 Å². The number of hydrogen-bond acceptors (Lipinski definition) is 1. The minimum atomic E-state index is 1.11. The summed E-state index contributed by atoms with van der Waals surface area (Å²) in [6.45, 7) is 2.32. The number of rotatable bonds is 1. The summed E-state index contributed by atoms with van der Waals surface area (Å²) in [7, 11) is 0. The fourth-order valence-corrected chi connectivity index (χ4v) is 2.61. The minimum absolute atomic E-state index is 1.11. The Hall–Kier alpha value is -0.0900. The molecule has 1 aliphatic heterocycles. The van der Waals surface area contributed by atoms with Gasteiger partial charge in [0.1, 0.15) is 4.47 Å². The molecule has 1 aromatic heterocycles. The molecule has 0 saturated carbocycles. The van der Waals surface area contributed by atoms with Gasteiger partial charge in [0, 0.05) is 4.47 Å². The van der Waals surface area contributed by atoms with Crippen LogP contribution in [-0.2, 0) is 0 Å². The zero-order chi connectivity index (χ0) is 9.97. The molecule has 2 heterocycles. The minimum Gasteiger partial charge on any atom is -0.261 e. The normalized spacial score (nSPS) is 17.1. The van der Waals surface area contributed by atoms with E-state index in [-0.39, 0.29) is 0 Å². The number of H-pyrrole nitrogens is 1. The van der Waals surface area contributed by atoms with Crippen molar-refractivity contribution in [3.63, 3.8) is 0 Å². The molecular weight excluding hydrogens is 308 g/mol. The van der Waals surface area contributed by atoms with Crippen molar-refractivity contribution >= 4 is 37.7 Å². The summed E-state index contributed by atoms with van der Waals surface area (Å²) < 4.78 is 2.23. The van der Waals surface area contributed by atoms with Crippen molar-refractivity contribution in [3.8, 4) is 0 Å². The summed E-state index contributed by atoms with van der Waals surface area (Å²) in [5.74, 6) is 1.19. The number of hydrogen-bond donors (Lipinski definition) is 0. The molecule has 1 saturated heterocycles. The zero-order valence-electron chi connectivity index (χ0n) is 7.89. The molecule has 0 unspecified atom stereocenters. The van der Waals surface area contributed by atoms with E-state index in [0.29, 0.717) is 0 Å². The van der Waals surface area contributed by atoms with Crippen molar-refractivity contribution in [2.24, 2.45) is 0 Å². The molecule has 0 aromatic carbocycles. The SMILES string of the molecule is Brc1cc[nH+]c(N2CCCCC2)c1Br. The van der Waals surface area contributed by atoms with E-state index in [4.69, 9.17) is 0 Å². The number of halogens is 2. The van der Waals surface area contributed by atoms with Crippen molar-refractivity contribution in [1.82, 2.24) is 0 Å². The van der Waals surface area contributed by atoms with Gasteiger partial charge in [-0.2, -0.15) is 0 Å². The molecule has 1 fully saturated rings. The molecule has 0 radical (unpaired) electrons. The van der Waals surface area contributed by atoms with Crippen LogP contribution in [0.15, 0.2) is 21.2 Å². The van der Waals surface area contributed by atoms with E-state index in [1.54, 1.807) is 0 Å². The predicted molar refractivity (Wildman–Crippen MR) is 64.5 cm³/mol. The molecule has 76 valence electrons. The highest BCUT2D eigenvalue weighted by atomic mass is 79.9. The summed E-state index contributed by atoms with van der Waals surface area (Å²) in [6, 6.07) is 2.01. The molecule has 0 atom stereocenters. The number of aromatic nitrogens is 1. The van der Waals surface area contributed by atoms with Crippen molar-refractivity contribution in [1.29, 1.82) is 0 Å². The van der Waals surface area contributed by atoms with Crippen molar-refractivity contribution < 1.29 is 4.98 Å². The third kappa shape index (κ3) is 2.11. The van der Waals surface area contributed by atoms with Crippen LogP contribution in [0.4, 0.5) is 5.82 Å². The van der Waals surface area contributed by atoms with Gasteiger partial charge in [-0.3, -0.25) is 4.90 Å². The Balaban J connectivity index is 2.26. The van der Waals surface area contributed by atoms with Crippen LogP contribution in [-0.4, -0.2) is 13.1 Å². The number of pyridine rings is 1. The van der Waals surface area contributed by atoms with E-state index in [1.165, 1.54) is 25.1 Å². The maximum Gasteiger partial charge on any atom is 0.290 e. The third-order valence-corrected chi connectivity index (χ3v) is 4.54. The number of piperidine rings is 1. The number of nitrogens with one attached hydrogen (secondary N) is 1. The highest BCUT2D eigenvalue weighted by molar-refractivity contribution is 9.13. The Kier molecular flexibility index (Phi) is 3.44. The second kappa shape index (κ2) is 4.62. The van der Waals surface area contributed by atoms with Gasteiger partial charge < -0.3 is 0 Å². The Labute approximate surface area is 101 Å². The van der Waals surface area contributed by atoms with Crippen LogP contribution in [0.3, 0.4) is 0 Å². The zero-order valence-corrected chi connectivity index (χ0v) is 11.1. The highest BCUT2D eigenvalue weighted by Crippen LogP contribution is 2.30. The first kappa shape index (κ1) is 10.4. The monoisotopic (exact) mass is 319 g/mol. The average Bonchev–Trinajstić information content (AvgIpc) is 2.23. The quantitative estimate of drug-likeness (QED) is 0.777. The lowest BCUT2D eigenvalue weighted by Gasteiger charge is -2.21. The van der Waals surface area contributed by atoms with Crippen LogP contribution in [0.5, 0.6) is 0 Å². The van der Waals surface area contributed by atoms with E-state index in [9.17, 15) is 0 Å². The lowest BCUT2D eigenvalue weighted by molar-refractivity contribution is -0.365. The first-order valence-corrected chi connectivity index (χ1v) is 6.48. The molecule has 0 amide bonds. The Morgan fingerprint density at radius 1 is 1.14 bits per heavy atom. The van der Waals surface area contributed by atoms with Crippen LogP contribution in [0.25, 0.3) is 0 Å². The Morgan fingerprint density at radius 2 is 1.86 bits per heavy atom. The fourth-order valence-electron chi connectivity index (χ4n) is 1.79.